The number of carbonyl (C=O) groups excluding carboxylic acids is 1. The minimum absolute atomic E-state index is 0.198. The van der Waals surface area contributed by atoms with E-state index in [-0.39, 0.29) is 5.91 Å². The average molecular weight is 326 g/mol. The van der Waals surface area contributed by atoms with Crippen LogP contribution in [0.5, 0.6) is 0 Å². The van der Waals surface area contributed by atoms with Gasteiger partial charge in [-0.25, -0.2) is 0 Å². The average Bonchev–Trinajstić information content (AvgIpc) is 2.59. The third kappa shape index (κ3) is 5.66. The Labute approximate surface area is 144 Å². The van der Waals surface area contributed by atoms with Gasteiger partial charge in [-0.3, -0.25) is 9.78 Å². The summed E-state index contributed by atoms with van der Waals surface area (Å²) in [4.78, 5) is 18.6. The van der Waals surface area contributed by atoms with Gasteiger partial charge in [-0.1, -0.05) is 19.1 Å². The third-order valence-electron chi connectivity index (χ3n) is 3.72. The Morgan fingerprint density at radius 2 is 1.88 bits per heavy atom. The van der Waals surface area contributed by atoms with Gasteiger partial charge < -0.3 is 15.5 Å². The van der Waals surface area contributed by atoms with Crippen LogP contribution in [0, 0.1) is 0 Å². The Balaban J connectivity index is 1.92. The van der Waals surface area contributed by atoms with E-state index in [1.54, 1.807) is 12.3 Å². The van der Waals surface area contributed by atoms with Gasteiger partial charge >= 0.3 is 0 Å². The maximum absolute atomic E-state index is 12.3. The summed E-state index contributed by atoms with van der Waals surface area (Å²) in [6.45, 7) is 4.00. The molecule has 2 rings (SSSR count). The number of nitrogens with one attached hydrogen (secondary N) is 2. The van der Waals surface area contributed by atoms with Crippen LogP contribution < -0.4 is 10.6 Å². The number of anilines is 2. The van der Waals surface area contributed by atoms with Crippen molar-refractivity contribution in [3.05, 3.63) is 53.9 Å². The van der Waals surface area contributed by atoms with E-state index in [9.17, 15) is 4.79 Å². The number of nitrogens with zero attached hydrogens (tertiary/aromatic N) is 2. The second kappa shape index (κ2) is 9.03. The molecule has 128 valence electrons. The Bertz CT molecular complexity index is 653. The zero-order chi connectivity index (χ0) is 17.4. The SMILES string of the molecule is CCc1ccc(NC(=O)c2cc(NCCCN(C)C)ccn2)cc1. The molecular weight excluding hydrogens is 300 g/mol. The maximum Gasteiger partial charge on any atom is 0.274 e. The molecule has 0 radical (unpaired) electrons. The minimum atomic E-state index is -0.198. The minimum Gasteiger partial charge on any atom is -0.385 e. The summed E-state index contributed by atoms with van der Waals surface area (Å²) in [5.74, 6) is -0.198. The van der Waals surface area contributed by atoms with Crippen LogP contribution in [-0.2, 0) is 6.42 Å². The molecule has 1 heterocycles. The summed E-state index contributed by atoms with van der Waals surface area (Å²) < 4.78 is 0. The number of pyridine rings is 1. The molecule has 1 amide bonds. The molecule has 5 nitrogen and oxygen atoms in total. The van der Waals surface area contributed by atoms with Crippen molar-refractivity contribution in [3.63, 3.8) is 0 Å². The van der Waals surface area contributed by atoms with Crippen molar-refractivity contribution in [1.29, 1.82) is 0 Å². The van der Waals surface area contributed by atoms with E-state index in [2.05, 4.69) is 41.5 Å². The smallest absolute Gasteiger partial charge is 0.274 e. The molecule has 1 aromatic heterocycles. The van der Waals surface area contributed by atoms with Crippen molar-refractivity contribution >= 4 is 17.3 Å². The van der Waals surface area contributed by atoms with E-state index >= 15 is 0 Å². The van der Waals surface area contributed by atoms with Crippen LogP contribution in [0.4, 0.5) is 11.4 Å². The van der Waals surface area contributed by atoms with Gasteiger partial charge in [-0.05, 0) is 63.3 Å². The quantitative estimate of drug-likeness (QED) is 0.731. The molecule has 24 heavy (non-hydrogen) atoms. The summed E-state index contributed by atoms with van der Waals surface area (Å²) in [7, 11) is 4.11. The normalized spacial score (nSPS) is 10.7. The topological polar surface area (TPSA) is 57.3 Å². The lowest BCUT2D eigenvalue weighted by molar-refractivity contribution is 0.102. The van der Waals surface area contributed by atoms with Crippen LogP contribution in [0.3, 0.4) is 0 Å². The molecule has 1 aromatic carbocycles. The summed E-state index contributed by atoms with van der Waals surface area (Å²) in [6.07, 6.45) is 3.68. The standard InChI is InChI=1S/C19H26N4O/c1-4-15-6-8-16(9-7-15)22-19(24)18-14-17(10-12-21-18)20-11-5-13-23(2)3/h6-10,12,14H,4-5,11,13H2,1-3H3,(H,20,21)(H,22,24). The molecule has 0 aliphatic heterocycles. The number of aryl methyl sites for hydroxylation is 1. The first-order valence-electron chi connectivity index (χ1n) is 8.33. The highest BCUT2D eigenvalue weighted by molar-refractivity contribution is 6.03. The second-order valence-electron chi connectivity index (χ2n) is 6.02. The molecule has 5 heteroatoms. The second-order valence-corrected chi connectivity index (χ2v) is 6.02. The Morgan fingerprint density at radius 3 is 2.54 bits per heavy atom. The number of amides is 1. The molecule has 0 unspecified atom stereocenters. The van der Waals surface area contributed by atoms with Crippen LogP contribution in [0.15, 0.2) is 42.6 Å². The number of benzene rings is 1. The van der Waals surface area contributed by atoms with E-state index < -0.39 is 0 Å². The fourth-order valence-electron chi connectivity index (χ4n) is 2.31. The van der Waals surface area contributed by atoms with Gasteiger partial charge in [0.15, 0.2) is 0 Å². The molecule has 0 aliphatic rings. The van der Waals surface area contributed by atoms with E-state index in [1.165, 1.54) is 5.56 Å². The number of hydrogen-bond acceptors (Lipinski definition) is 4. The monoisotopic (exact) mass is 326 g/mol. The number of carbonyl (C=O) groups is 1. The molecule has 0 spiro atoms. The molecule has 0 bridgehead atoms. The van der Waals surface area contributed by atoms with Crippen molar-refractivity contribution in [3.8, 4) is 0 Å². The van der Waals surface area contributed by atoms with Gasteiger partial charge in [0.25, 0.3) is 5.91 Å². The van der Waals surface area contributed by atoms with Crippen molar-refractivity contribution in [2.45, 2.75) is 19.8 Å². The zero-order valence-corrected chi connectivity index (χ0v) is 14.7. The van der Waals surface area contributed by atoms with Crippen LogP contribution in [0.1, 0.15) is 29.4 Å². The predicted octanol–water partition coefficient (Wildman–Crippen LogP) is 3.26. The Morgan fingerprint density at radius 1 is 1.12 bits per heavy atom. The predicted molar refractivity (Wildman–Crippen MR) is 99.7 cm³/mol. The first-order chi connectivity index (χ1) is 11.6. The first kappa shape index (κ1) is 17.9. The first-order valence-corrected chi connectivity index (χ1v) is 8.33. The summed E-state index contributed by atoms with van der Waals surface area (Å²) in [6, 6.07) is 11.5. The largest absolute Gasteiger partial charge is 0.385 e. The van der Waals surface area contributed by atoms with Gasteiger partial charge in [0, 0.05) is 24.1 Å². The van der Waals surface area contributed by atoms with Crippen LogP contribution >= 0.6 is 0 Å². The maximum atomic E-state index is 12.3. The van der Waals surface area contributed by atoms with Crippen LogP contribution in [-0.4, -0.2) is 43.0 Å². The van der Waals surface area contributed by atoms with E-state index in [4.69, 9.17) is 0 Å². The fourth-order valence-corrected chi connectivity index (χ4v) is 2.31. The van der Waals surface area contributed by atoms with Crippen molar-refractivity contribution < 1.29 is 4.79 Å². The summed E-state index contributed by atoms with van der Waals surface area (Å²) >= 11 is 0. The third-order valence-corrected chi connectivity index (χ3v) is 3.72. The summed E-state index contributed by atoms with van der Waals surface area (Å²) in [5.41, 5.74) is 3.35. The van der Waals surface area contributed by atoms with E-state index in [0.29, 0.717) is 5.69 Å². The highest BCUT2D eigenvalue weighted by atomic mass is 16.1. The van der Waals surface area contributed by atoms with Crippen molar-refractivity contribution in [2.75, 3.05) is 37.8 Å². The highest BCUT2D eigenvalue weighted by Crippen LogP contribution is 2.13. The van der Waals surface area contributed by atoms with Crippen molar-refractivity contribution in [2.24, 2.45) is 0 Å². The van der Waals surface area contributed by atoms with Crippen molar-refractivity contribution in [1.82, 2.24) is 9.88 Å². The number of rotatable bonds is 8. The van der Waals surface area contributed by atoms with Gasteiger partial charge in [-0.2, -0.15) is 0 Å². The summed E-state index contributed by atoms with van der Waals surface area (Å²) in [5, 5.41) is 6.21. The van der Waals surface area contributed by atoms with Gasteiger partial charge in [-0.15, -0.1) is 0 Å². The molecule has 0 fully saturated rings. The molecule has 0 saturated carbocycles. The lowest BCUT2D eigenvalue weighted by Crippen LogP contribution is -2.17. The lowest BCUT2D eigenvalue weighted by Gasteiger charge is -2.11. The number of aromatic nitrogens is 1. The molecule has 2 aromatic rings. The Hall–Kier alpha value is -2.40. The zero-order valence-electron chi connectivity index (χ0n) is 14.7. The van der Waals surface area contributed by atoms with Gasteiger partial charge in [0.2, 0.25) is 0 Å². The van der Waals surface area contributed by atoms with E-state index in [1.807, 2.05) is 30.3 Å². The molecule has 0 atom stereocenters. The van der Waals surface area contributed by atoms with Gasteiger partial charge in [0.05, 0.1) is 0 Å². The van der Waals surface area contributed by atoms with Crippen LogP contribution in [0.25, 0.3) is 0 Å². The van der Waals surface area contributed by atoms with Crippen LogP contribution in [0.2, 0.25) is 0 Å². The van der Waals surface area contributed by atoms with E-state index in [0.717, 1.165) is 37.3 Å². The lowest BCUT2D eigenvalue weighted by atomic mass is 10.1. The molecule has 0 saturated heterocycles. The number of hydrogen-bond donors (Lipinski definition) is 2. The van der Waals surface area contributed by atoms with Gasteiger partial charge in [0.1, 0.15) is 5.69 Å². The molecule has 0 aliphatic carbocycles. The molecular formula is C19H26N4O. The Kier molecular flexibility index (Phi) is 6.75. The molecule has 2 N–H and O–H groups in total. The highest BCUT2D eigenvalue weighted by Gasteiger charge is 2.08. The fraction of sp³-hybridized carbons (Fsp3) is 0.368.